The number of benzene rings is 1. The number of hydrogen-bond donors (Lipinski definition) is 1. The Morgan fingerprint density at radius 3 is 2.70 bits per heavy atom. The maximum Gasteiger partial charge on any atom is 0.513 e. The van der Waals surface area contributed by atoms with Crippen molar-refractivity contribution in [1.82, 2.24) is 4.98 Å². The van der Waals surface area contributed by atoms with Gasteiger partial charge in [0.15, 0.2) is 5.13 Å². The monoisotopic (exact) mass is 468 g/mol. The molecule has 1 aliphatic rings. The topological polar surface area (TPSA) is 104 Å². The third kappa shape index (κ3) is 4.70. The second-order valence-corrected chi connectivity index (χ2v) is 8.45. The Balaban J connectivity index is 1.89. The molecule has 1 unspecified atom stereocenters. The molecule has 3 rings (SSSR count). The number of aromatic nitrogens is 1. The van der Waals surface area contributed by atoms with Gasteiger partial charge in [0, 0.05) is 12.2 Å². The fraction of sp³-hybridized carbons (Fsp3) is 0.312. The molecule has 0 aliphatic carbocycles. The number of aryl methyl sites for hydroxylation is 1. The minimum atomic E-state index is -4.81. The maximum atomic E-state index is 13.2. The predicted molar refractivity (Wildman–Crippen MR) is 96.1 cm³/mol. The highest BCUT2D eigenvalue weighted by atomic mass is 32.2. The van der Waals surface area contributed by atoms with Gasteiger partial charge in [0.1, 0.15) is 15.7 Å². The average Bonchev–Trinajstić information content (AvgIpc) is 3.23. The Kier molecular flexibility index (Phi) is 6.26. The van der Waals surface area contributed by atoms with Crippen LogP contribution in [0.15, 0.2) is 22.4 Å². The van der Waals surface area contributed by atoms with E-state index in [1.165, 1.54) is 0 Å². The van der Waals surface area contributed by atoms with E-state index in [9.17, 15) is 31.4 Å². The lowest BCUT2D eigenvalue weighted by Crippen LogP contribution is -2.33. The van der Waals surface area contributed by atoms with Crippen LogP contribution in [0.3, 0.4) is 0 Å². The van der Waals surface area contributed by atoms with Gasteiger partial charge >= 0.3 is 18.7 Å². The second kappa shape index (κ2) is 8.55. The van der Waals surface area contributed by atoms with E-state index in [2.05, 4.69) is 19.8 Å². The van der Waals surface area contributed by atoms with E-state index in [0.29, 0.717) is 28.1 Å². The number of alkyl halides is 4. The smallest absolute Gasteiger partial charge is 0.437 e. The van der Waals surface area contributed by atoms with Crippen LogP contribution >= 0.6 is 11.3 Å². The molecule has 30 heavy (non-hydrogen) atoms. The minimum Gasteiger partial charge on any atom is -0.437 e. The molecule has 0 spiro atoms. The number of nitrogens with zero attached hydrogens (tertiary/aromatic N) is 1. The largest absolute Gasteiger partial charge is 0.513 e. The lowest BCUT2D eigenvalue weighted by atomic mass is 10.1. The summed E-state index contributed by atoms with van der Waals surface area (Å²) in [4.78, 5) is 28.1. The van der Waals surface area contributed by atoms with Crippen LogP contribution in [-0.2, 0) is 22.0 Å². The zero-order valence-electron chi connectivity index (χ0n) is 14.9. The van der Waals surface area contributed by atoms with Gasteiger partial charge in [-0.15, -0.1) is 0 Å². The van der Waals surface area contributed by atoms with Crippen molar-refractivity contribution in [2.75, 3.05) is 18.2 Å². The number of fused-ring (bicyclic) bond motifs is 1. The molecule has 0 radical (unpaired) electrons. The van der Waals surface area contributed by atoms with Crippen molar-refractivity contribution in [2.24, 2.45) is 0 Å². The summed E-state index contributed by atoms with van der Waals surface area (Å²) in [6.07, 6.45) is -9.66. The van der Waals surface area contributed by atoms with Crippen LogP contribution in [0, 0.1) is 0 Å². The molecule has 1 atom stereocenters. The number of nitrogens with one attached hydrogen (secondary N) is 1. The lowest BCUT2D eigenvalue weighted by Gasteiger charge is -2.18. The van der Waals surface area contributed by atoms with Crippen LogP contribution in [0.25, 0.3) is 0 Å². The van der Waals surface area contributed by atoms with E-state index in [1.807, 2.05) is 0 Å². The molecule has 162 valence electrons. The highest BCUT2D eigenvalue weighted by Gasteiger charge is 2.44. The second-order valence-electron chi connectivity index (χ2n) is 5.69. The number of halogens is 4. The molecular weight excluding hydrogens is 456 g/mol. The van der Waals surface area contributed by atoms with Crippen molar-refractivity contribution in [3.05, 3.63) is 29.5 Å². The maximum absolute atomic E-state index is 13.2. The number of ether oxygens (including phenoxy) is 3. The molecule has 2 aromatic rings. The third-order valence-corrected chi connectivity index (χ3v) is 6.52. The third-order valence-electron chi connectivity index (χ3n) is 3.68. The van der Waals surface area contributed by atoms with E-state index in [0.717, 1.165) is 30.6 Å². The van der Waals surface area contributed by atoms with Crippen LogP contribution in [-0.4, -0.2) is 46.7 Å². The Hall–Kier alpha value is -2.74. The number of methoxy groups -OCH3 is 1. The minimum absolute atomic E-state index is 0.0753. The van der Waals surface area contributed by atoms with Crippen molar-refractivity contribution < 1.29 is 45.6 Å². The van der Waals surface area contributed by atoms with Gasteiger partial charge in [0.25, 0.3) is 5.91 Å². The van der Waals surface area contributed by atoms with Gasteiger partial charge in [-0.3, -0.25) is 14.3 Å². The number of anilines is 1. The van der Waals surface area contributed by atoms with E-state index < -0.39 is 52.5 Å². The first-order chi connectivity index (χ1) is 14.1. The molecule has 1 amide bonds. The number of rotatable bonds is 6. The van der Waals surface area contributed by atoms with Crippen molar-refractivity contribution in [3.8, 4) is 11.5 Å². The first-order valence-electron chi connectivity index (χ1n) is 8.05. The van der Waals surface area contributed by atoms with Crippen LogP contribution in [0.1, 0.15) is 16.1 Å². The number of hydrogen-bond acceptors (Lipinski definition) is 8. The quantitative estimate of drug-likeness (QED) is 0.394. The van der Waals surface area contributed by atoms with Crippen molar-refractivity contribution in [2.45, 2.75) is 23.2 Å². The van der Waals surface area contributed by atoms with Gasteiger partial charge in [-0.2, -0.15) is 17.6 Å². The molecule has 0 saturated carbocycles. The zero-order valence-corrected chi connectivity index (χ0v) is 16.6. The first kappa shape index (κ1) is 22.0. The average molecular weight is 468 g/mol. The highest BCUT2D eigenvalue weighted by molar-refractivity contribution is 7.87. The normalized spacial score (nSPS) is 15.6. The number of thiazole rings is 1. The summed E-state index contributed by atoms with van der Waals surface area (Å²) >= 11 is 0.969. The standard InChI is InChI=1S/C16H12F4N2O6S2/c1-26-15(24)27-10-3-2-7(28-16(19,20)13(17)18)6-8(10)11(23)22-14-21-9-4-5-30(25)12(9)29-14/h2-3,6,13H,4-5H2,1H3,(H,21,22,23). The molecular formula is C16H12F4N2O6S2. The van der Waals surface area contributed by atoms with Crippen molar-refractivity contribution in [3.63, 3.8) is 0 Å². The summed E-state index contributed by atoms with van der Waals surface area (Å²) in [5, 5.41) is 2.44. The van der Waals surface area contributed by atoms with Gasteiger partial charge in [0.05, 0.1) is 29.2 Å². The summed E-state index contributed by atoms with van der Waals surface area (Å²) in [7, 11) is -0.225. The SMILES string of the molecule is COC(=O)Oc1ccc(OC(F)(F)C(F)F)cc1C(=O)Nc1nc2c(s1)S(=O)CC2. The van der Waals surface area contributed by atoms with Crippen molar-refractivity contribution >= 4 is 39.3 Å². The predicted octanol–water partition coefficient (Wildman–Crippen LogP) is 3.44. The Bertz CT molecular complexity index is 1010. The fourth-order valence-electron chi connectivity index (χ4n) is 2.35. The number of amides is 1. The van der Waals surface area contributed by atoms with E-state index in [-0.39, 0.29) is 5.13 Å². The van der Waals surface area contributed by atoms with Crippen LogP contribution < -0.4 is 14.8 Å². The van der Waals surface area contributed by atoms with E-state index in [4.69, 9.17) is 4.74 Å². The van der Waals surface area contributed by atoms with E-state index in [1.54, 1.807) is 0 Å². The fourth-order valence-corrected chi connectivity index (χ4v) is 4.92. The summed E-state index contributed by atoms with van der Waals surface area (Å²) in [6, 6.07) is 2.41. The Morgan fingerprint density at radius 1 is 1.33 bits per heavy atom. The van der Waals surface area contributed by atoms with Gasteiger partial charge in [-0.25, -0.2) is 9.78 Å². The Labute approximate surface area is 172 Å². The number of carbonyl (C=O) groups excluding carboxylic acids is 2. The van der Waals surface area contributed by atoms with Gasteiger partial charge in [-0.05, 0) is 18.2 Å². The van der Waals surface area contributed by atoms with Gasteiger partial charge in [-0.1, -0.05) is 11.3 Å². The Morgan fingerprint density at radius 2 is 2.07 bits per heavy atom. The molecule has 1 aromatic heterocycles. The molecule has 0 bridgehead atoms. The van der Waals surface area contributed by atoms with Crippen molar-refractivity contribution in [1.29, 1.82) is 0 Å². The summed E-state index contributed by atoms with van der Waals surface area (Å²) in [5.41, 5.74) is 0.0766. The molecule has 2 heterocycles. The summed E-state index contributed by atoms with van der Waals surface area (Å²) < 4.78 is 76.5. The summed E-state index contributed by atoms with van der Waals surface area (Å²) in [5.74, 6) is -1.71. The van der Waals surface area contributed by atoms with Crippen LogP contribution in [0.5, 0.6) is 11.5 Å². The summed E-state index contributed by atoms with van der Waals surface area (Å²) in [6.45, 7) is 0. The van der Waals surface area contributed by atoms with E-state index >= 15 is 0 Å². The molecule has 1 N–H and O–H groups in total. The van der Waals surface area contributed by atoms with Gasteiger partial charge < -0.3 is 14.2 Å². The molecule has 0 fully saturated rings. The lowest BCUT2D eigenvalue weighted by molar-refractivity contribution is -0.253. The van der Waals surface area contributed by atoms with Crippen LogP contribution in [0.2, 0.25) is 0 Å². The zero-order chi connectivity index (χ0) is 22.1. The highest BCUT2D eigenvalue weighted by Crippen LogP contribution is 2.34. The molecule has 8 nitrogen and oxygen atoms in total. The molecule has 14 heteroatoms. The molecule has 1 aromatic carbocycles. The molecule has 1 aliphatic heterocycles. The van der Waals surface area contributed by atoms with Crippen LogP contribution in [0.4, 0.5) is 27.5 Å². The number of carbonyl (C=O) groups is 2. The first-order valence-corrected chi connectivity index (χ1v) is 10.2. The van der Waals surface area contributed by atoms with Gasteiger partial charge in [0.2, 0.25) is 0 Å². The molecule has 0 saturated heterocycles.